The van der Waals surface area contributed by atoms with Gasteiger partial charge in [0.25, 0.3) is 0 Å². The maximum Gasteiger partial charge on any atom is 0.197 e. The quantitative estimate of drug-likeness (QED) is 0.794. The molecule has 0 aliphatic heterocycles. The Morgan fingerprint density at radius 3 is 2.80 bits per heavy atom. The molecule has 0 unspecified atom stereocenters. The molecule has 0 aliphatic rings. The summed E-state index contributed by atoms with van der Waals surface area (Å²) in [7, 11) is 0. The molecule has 2 aromatic rings. The number of H-pyrrole nitrogens is 1. The Morgan fingerprint density at radius 2 is 2.20 bits per heavy atom. The predicted molar refractivity (Wildman–Crippen MR) is 58.7 cm³/mol. The Hall–Kier alpha value is -1.42. The van der Waals surface area contributed by atoms with Crippen molar-refractivity contribution in [1.82, 2.24) is 19.9 Å². The minimum Gasteiger partial charge on any atom is -0.342 e. The van der Waals surface area contributed by atoms with Gasteiger partial charge in [0.1, 0.15) is 5.15 Å². The zero-order valence-corrected chi connectivity index (χ0v) is 9.34. The van der Waals surface area contributed by atoms with Crippen LogP contribution in [0, 0.1) is 6.92 Å². The highest BCUT2D eigenvalue weighted by Gasteiger charge is 2.10. The van der Waals surface area contributed by atoms with Gasteiger partial charge in [-0.15, -0.1) is 0 Å². The lowest BCUT2D eigenvalue weighted by atomic mass is 10.2. The number of nitrogens with zero attached hydrogens (tertiary/aromatic N) is 3. The molecule has 0 fully saturated rings. The van der Waals surface area contributed by atoms with Crippen molar-refractivity contribution in [2.75, 3.05) is 0 Å². The number of aromatic nitrogens is 4. The molecule has 4 nitrogen and oxygen atoms in total. The summed E-state index contributed by atoms with van der Waals surface area (Å²) in [5.41, 5.74) is 1.90. The molecule has 5 heteroatoms. The van der Waals surface area contributed by atoms with Crippen molar-refractivity contribution < 1.29 is 0 Å². The van der Waals surface area contributed by atoms with Crippen molar-refractivity contribution in [3.63, 3.8) is 0 Å². The fourth-order valence-corrected chi connectivity index (χ4v) is 1.56. The molecule has 0 saturated carbocycles. The average molecular weight is 223 g/mol. The van der Waals surface area contributed by atoms with Gasteiger partial charge in [0.2, 0.25) is 0 Å². The SMILES string of the molecule is CCc1nc(-c2ncc[nH]2)nc(Cl)c1C. The van der Waals surface area contributed by atoms with Crippen LogP contribution in [0.25, 0.3) is 11.6 Å². The number of hydrogen-bond donors (Lipinski definition) is 1. The van der Waals surface area contributed by atoms with E-state index in [0.29, 0.717) is 16.8 Å². The normalized spacial score (nSPS) is 10.6. The smallest absolute Gasteiger partial charge is 0.197 e. The highest BCUT2D eigenvalue weighted by Crippen LogP contribution is 2.19. The summed E-state index contributed by atoms with van der Waals surface area (Å²) >= 11 is 6.02. The summed E-state index contributed by atoms with van der Waals surface area (Å²) in [6, 6.07) is 0. The maximum absolute atomic E-state index is 6.02. The van der Waals surface area contributed by atoms with Gasteiger partial charge in [-0.3, -0.25) is 0 Å². The monoisotopic (exact) mass is 222 g/mol. The number of halogens is 1. The molecule has 0 amide bonds. The predicted octanol–water partition coefficient (Wildman–Crippen LogP) is 2.39. The number of aryl methyl sites for hydroxylation is 1. The van der Waals surface area contributed by atoms with Crippen LogP contribution in [0.1, 0.15) is 18.2 Å². The number of rotatable bonds is 2. The van der Waals surface area contributed by atoms with Gasteiger partial charge in [-0.2, -0.15) is 0 Å². The number of hydrogen-bond acceptors (Lipinski definition) is 3. The first-order valence-corrected chi connectivity index (χ1v) is 5.13. The third kappa shape index (κ3) is 1.85. The summed E-state index contributed by atoms with van der Waals surface area (Å²) < 4.78 is 0. The fraction of sp³-hybridized carbons (Fsp3) is 0.300. The van der Waals surface area contributed by atoms with E-state index in [0.717, 1.165) is 17.7 Å². The number of aromatic amines is 1. The molecule has 15 heavy (non-hydrogen) atoms. The first kappa shape index (κ1) is 10.1. The minimum absolute atomic E-state index is 0.494. The van der Waals surface area contributed by atoms with Crippen LogP contribution in [0.5, 0.6) is 0 Å². The molecule has 0 radical (unpaired) electrons. The van der Waals surface area contributed by atoms with Gasteiger partial charge in [-0.1, -0.05) is 18.5 Å². The minimum atomic E-state index is 0.494. The summed E-state index contributed by atoms with van der Waals surface area (Å²) in [5, 5.41) is 0.494. The molecule has 78 valence electrons. The summed E-state index contributed by atoms with van der Waals surface area (Å²) in [5.74, 6) is 1.19. The molecular weight excluding hydrogens is 212 g/mol. The average Bonchev–Trinajstić information content (AvgIpc) is 2.75. The molecule has 1 N–H and O–H groups in total. The van der Waals surface area contributed by atoms with E-state index < -0.39 is 0 Å². The van der Waals surface area contributed by atoms with Crippen molar-refractivity contribution in [2.45, 2.75) is 20.3 Å². The van der Waals surface area contributed by atoms with Crippen LogP contribution in [0.2, 0.25) is 5.15 Å². The van der Waals surface area contributed by atoms with E-state index in [-0.39, 0.29) is 0 Å². The highest BCUT2D eigenvalue weighted by atomic mass is 35.5. The van der Waals surface area contributed by atoms with Crippen LogP contribution in [-0.2, 0) is 6.42 Å². The molecule has 0 aromatic carbocycles. The first-order chi connectivity index (χ1) is 7.22. The molecule has 0 bridgehead atoms. The van der Waals surface area contributed by atoms with Crippen molar-refractivity contribution in [3.8, 4) is 11.6 Å². The zero-order valence-electron chi connectivity index (χ0n) is 8.58. The van der Waals surface area contributed by atoms with Gasteiger partial charge in [-0.25, -0.2) is 15.0 Å². The lowest BCUT2D eigenvalue weighted by molar-refractivity contribution is 0.966. The van der Waals surface area contributed by atoms with Crippen LogP contribution < -0.4 is 0 Å². The first-order valence-electron chi connectivity index (χ1n) is 4.75. The van der Waals surface area contributed by atoms with Crippen LogP contribution in [-0.4, -0.2) is 19.9 Å². The molecule has 2 aromatic heterocycles. The second-order valence-electron chi connectivity index (χ2n) is 3.20. The van der Waals surface area contributed by atoms with Gasteiger partial charge in [0.05, 0.1) is 0 Å². The van der Waals surface area contributed by atoms with Crippen LogP contribution >= 0.6 is 11.6 Å². The Balaban J connectivity index is 2.55. The van der Waals surface area contributed by atoms with E-state index in [1.54, 1.807) is 12.4 Å². The van der Waals surface area contributed by atoms with Crippen LogP contribution in [0.15, 0.2) is 12.4 Å². The Morgan fingerprint density at radius 1 is 1.40 bits per heavy atom. The Bertz CT molecular complexity index is 465. The fourth-order valence-electron chi connectivity index (χ4n) is 1.37. The lowest BCUT2D eigenvalue weighted by Gasteiger charge is -2.05. The summed E-state index contributed by atoms with van der Waals surface area (Å²) in [4.78, 5) is 15.6. The molecule has 0 saturated heterocycles. The van der Waals surface area contributed by atoms with Gasteiger partial charge in [-0.05, 0) is 13.3 Å². The summed E-state index contributed by atoms with van der Waals surface area (Å²) in [6.07, 6.45) is 4.23. The Labute approximate surface area is 92.8 Å². The topological polar surface area (TPSA) is 54.5 Å². The van der Waals surface area contributed by atoms with Crippen molar-refractivity contribution >= 4 is 11.6 Å². The van der Waals surface area contributed by atoms with Gasteiger partial charge in [0, 0.05) is 23.7 Å². The second kappa shape index (κ2) is 3.98. The summed E-state index contributed by atoms with van der Waals surface area (Å²) in [6.45, 7) is 3.96. The van der Waals surface area contributed by atoms with Gasteiger partial charge in [0.15, 0.2) is 11.6 Å². The number of nitrogens with one attached hydrogen (secondary N) is 1. The molecule has 0 aliphatic carbocycles. The van der Waals surface area contributed by atoms with Gasteiger partial charge < -0.3 is 4.98 Å². The van der Waals surface area contributed by atoms with Crippen LogP contribution in [0.3, 0.4) is 0 Å². The van der Waals surface area contributed by atoms with E-state index >= 15 is 0 Å². The van der Waals surface area contributed by atoms with Gasteiger partial charge >= 0.3 is 0 Å². The standard InChI is InChI=1S/C10H11ClN4/c1-3-7-6(2)8(11)15-10(14-7)9-12-4-5-13-9/h4-5H,3H2,1-2H3,(H,12,13). The van der Waals surface area contributed by atoms with Crippen molar-refractivity contribution in [3.05, 3.63) is 28.8 Å². The molecule has 2 heterocycles. The second-order valence-corrected chi connectivity index (χ2v) is 3.56. The lowest BCUT2D eigenvalue weighted by Crippen LogP contribution is -2.00. The van der Waals surface area contributed by atoms with Crippen molar-refractivity contribution in [1.29, 1.82) is 0 Å². The van der Waals surface area contributed by atoms with Crippen LogP contribution in [0.4, 0.5) is 0 Å². The zero-order chi connectivity index (χ0) is 10.8. The molecule has 2 rings (SSSR count). The third-order valence-corrected chi connectivity index (χ3v) is 2.60. The highest BCUT2D eigenvalue weighted by molar-refractivity contribution is 6.30. The maximum atomic E-state index is 6.02. The molecular formula is C10H11ClN4. The van der Waals surface area contributed by atoms with E-state index in [1.165, 1.54) is 0 Å². The van der Waals surface area contributed by atoms with E-state index in [4.69, 9.17) is 11.6 Å². The van der Waals surface area contributed by atoms with E-state index in [2.05, 4.69) is 19.9 Å². The number of imidazole rings is 1. The van der Waals surface area contributed by atoms with Crippen molar-refractivity contribution in [2.24, 2.45) is 0 Å². The van der Waals surface area contributed by atoms with E-state index in [9.17, 15) is 0 Å². The molecule has 0 spiro atoms. The third-order valence-electron chi connectivity index (χ3n) is 2.23. The molecule has 0 atom stereocenters. The largest absolute Gasteiger partial charge is 0.342 e. The Kier molecular flexibility index (Phi) is 2.68. The van der Waals surface area contributed by atoms with E-state index in [1.807, 2.05) is 13.8 Å².